The lowest BCUT2D eigenvalue weighted by Gasteiger charge is -2.18. The summed E-state index contributed by atoms with van der Waals surface area (Å²) < 4.78 is 2.31. The maximum Gasteiger partial charge on any atom is 0.251 e. The van der Waals surface area contributed by atoms with Gasteiger partial charge in [-0.15, -0.1) is 0 Å². The van der Waals surface area contributed by atoms with Crippen molar-refractivity contribution in [3.8, 4) is 0 Å². The number of hydrogen-bond donors (Lipinski definition) is 4. The van der Waals surface area contributed by atoms with Crippen LogP contribution in [-0.2, 0) is 4.79 Å². The smallest absolute Gasteiger partial charge is 0.251 e. The number of carbonyl (C=O) groups is 2. The summed E-state index contributed by atoms with van der Waals surface area (Å²) in [6.45, 7) is 11.5. The molecule has 1 aromatic carbocycles. The van der Waals surface area contributed by atoms with Crippen LogP contribution in [-0.4, -0.2) is 64.7 Å². The lowest BCUT2D eigenvalue weighted by atomic mass is 10.1. The first-order valence-electron chi connectivity index (χ1n) is 13.0. The fourth-order valence-corrected chi connectivity index (χ4v) is 4.68. The minimum Gasteiger partial charge on any atom is -0.390 e. The summed E-state index contributed by atoms with van der Waals surface area (Å²) in [6, 6.07) is 7.31. The number of allylic oxidation sites excluding steroid dienone is 6. The molecular weight excluding hydrogens is 498 g/mol. The van der Waals surface area contributed by atoms with E-state index in [1.165, 1.54) is 12.8 Å². The van der Waals surface area contributed by atoms with Gasteiger partial charge in [-0.1, -0.05) is 55.2 Å². The Labute approximate surface area is 231 Å². The second-order valence-corrected chi connectivity index (χ2v) is 10.4. The van der Waals surface area contributed by atoms with E-state index in [9.17, 15) is 19.8 Å². The Bertz CT molecular complexity index is 1010. The number of aliphatic hydroxyl groups excluding tert-OH is 2. The largest absolute Gasteiger partial charge is 0.390 e. The Kier molecular flexibility index (Phi) is 14.5. The third kappa shape index (κ3) is 12.1. The van der Waals surface area contributed by atoms with Crippen LogP contribution in [0.25, 0.3) is 0 Å². The van der Waals surface area contributed by atoms with Crippen LogP contribution in [0.2, 0.25) is 0 Å². The molecule has 1 aliphatic carbocycles. The van der Waals surface area contributed by atoms with Crippen molar-refractivity contribution >= 4 is 23.8 Å². The molecule has 4 N–H and O–H groups in total. The van der Waals surface area contributed by atoms with Gasteiger partial charge in [0.2, 0.25) is 5.91 Å². The third-order valence-electron chi connectivity index (χ3n) is 5.99. The molecule has 8 heteroatoms. The third-order valence-corrected chi connectivity index (χ3v) is 7.10. The Balaban J connectivity index is 0.000000638. The Morgan fingerprint density at radius 2 is 1.79 bits per heavy atom. The van der Waals surface area contributed by atoms with Gasteiger partial charge in [0.25, 0.3) is 5.91 Å². The fourth-order valence-electron chi connectivity index (χ4n) is 3.68. The molecule has 1 heterocycles. The van der Waals surface area contributed by atoms with Crippen molar-refractivity contribution in [1.29, 1.82) is 0 Å². The van der Waals surface area contributed by atoms with Crippen molar-refractivity contribution < 1.29 is 19.8 Å². The SMILES string of the molecule is C=C/C=C(/C)C=C.O=C(CC(O)C(O)CNC(=O)c1ccc(SN2CCCC2)cc1)NCC1=CCCC=C1. The van der Waals surface area contributed by atoms with Gasteiger partial charge in [0.1, 0.15) is 0 Å². The first-order valence-corrected chi connectivity index (χ1v) is 13.8. The van der Waals surface area contributed by atoms with Gasteiger partial charge >= 0.3 is 0 Å². The summed E-state index contributed by atoms with van der Waals surface area (Å²) in [6.07, 6.45) is 13.3. The van der Waals surface area contributed by atoms with Crippen LogP contribution in [0, 0.1) is 0 Å². The first kappa shape index (κ1) is 31.3. The number of nitrogens with one attached hydrogen (secondary N) is 2. The van der Waals surface area contributed by atoms with E-state index in [2.05, 4.69) is 40.2 Å². The predicted molar refractivity (Wildman–Crippen MR) is 156 cm³/mol. The maximum absolute atomic E-state index is 12.3. The predicted octanol–water partition coefficient (Wildman–Crippen LogP) is 4.33. The maximum atomic E-state index is 12.3. The van der Waals surface area contributed by atoms with Crippen LogP contribution in [0.4, 0.5) is 0 Å². The molecular formula is C30H41N3O4S. The van der Waals surface area contributed by atoms with Crippen molar-refractivity contribution in [2.75, 3.05) is 26.2 Å². The second-order valence-electron chi connectivity index (χ2n) is 9.19. The number of benzene rings is 1. The highest BCUT2D eigenvalue weighted by atomic mass is 32.2. The average Bonchev–Trinajstić information content (AvgIpc) is 3.45. The summed E-state index contributed by atoms with van der Waals surface area (Å²) in [7, 11) is 0. The van der Waals surface area contributed by atoms with Crippen LogP contribution in [0.3, 0.4) is 0 Å². The first-order chi connectivity index (χ1) is 18.3. The molecule has 38 heavy (non-hydrogen) atoms. The number of amides is 2. The Morgan fingerprint density at radius 3 is 2.37 bits per heavy atom. The normalized spacial score (nSPS) is 16.9. The van der Waals surface area contributed by atoms with Crippen molar-refractivity contribution in [2.24, 2.45) is 0 Å². The lowest BCUT2D eigenvalue weighted by Crippen LogP contribution is -2.41. The minimum atomic E-state index is -1.25. The van der Waals surface area contributed by atoms with Crippen LogP contribution >= 0.6 is 11.9 Å². The molecule has 0 spiro atoms. The van der Waals surface area contributed by atoms with E-state index in [0.717, 1.165) is 42.0 Å². The Morgan fingerprint density at radius 1 is 1.08 bits per heavy atom. The van der Waals surface area contributed by atoms with Gasteiger partial charge in [0.15, 0.2) is 0 Å². The van der Waals surface area contributed by atoms with Crippen LogP contribution in [0.5, 0.6) is 0 Å². The highest BCUT2D eigenvalue weighted by molar-refractivity contribution is 7.97. The number of nitrogens with zero attached hydrogens (tertiary/aromatic N) is 1. The van der Waals surface area contributed by atoms with Crippen LogP contribution in [0.15, 0.2) is 89.9 Å². The second kappa shape index (κ2) is 17.6. The van der Waals surface area contributed by atoms with Gasteiger partial charge in [-0.05, 0) is 74.4 Å². The highest BCUT2D eigenvalue weighted by Crippen LogP contribution is 2.26. The molecule has 2 atom stereocenters. The molecule has 1 fully saturated rings. The molecule has 1 saturated heterocycles. The molecule has 0 radical (unpaired) electrons. The minimum absolute atomic E-state index is 0.133. The van der Waals surface area contributed by atoms with Crippen LogP contribution in [0.1, 0.15) is 49.4 Å². The molecule has 2 amide bonds. The Hall–Kier alpha value is -2.91. The molecule has 1 aliphatic heterocycles. The molecule has 0 aromatic heterocycles. The number of carbonyl (C=O) groups excluding carboxylic acids is 2. The van der Waals surface area contributed by atoms with E-state index in [1.54, 1.807) is 36.2 Å². The zero-order valence-electron chi connectivity index (χ0n) is 22.3. The molecule has 0 saturated carbocycles. The molecule has 2 unspecified atom stereocenters. The van der Waals surface area contributed by atoms with E-state index in [4.69, 9.17) is 0 Å². The average molecular weight is 540 g/mol. The van der Waals surface area contributed by atoms with E-state index in [1.807, 2.05) is 31.2 Å². The molecule has 2 aliphatic rings. The summed E-state index contributed by atoms with van der Waals surface area (Å²) >= 11 is 1.70. The summed E-state index contributed by atoms with van der Waals surface area (Å²) in [5, 5.41) is 25.5. The van der Waals surface area contributed by atoms with E-state index in [0.29, 0.717) is 12.1 Å². The highest BCUT2D eigenvalue weighted by Gasteiger charge is 2.21. The van der Waals surface area contributed by atoms with E-state index < -0.39 is 12.2 Å². The van der Waals surface area contributed by atoms with E-state index >= 15 is 0 Å². The van der Waals surface area contributed by atoms with Gasteiger partial charge in [0.05, 0.1) is 18.6 Å². The van der Waals surface area contributed by atoms with Crippen molar-refractivity contribution in [2.45, 2.75) is 56.1 Å². The summed E-state index contributed by atoms with van der Waals surface area (Å²) in [4.78, 5) is 25.4. The monoisotopic (exact) mass is 539 g/mol. The quantitative estimate of drug-likeness (QED) is 0.233. The number of aliphatic hydroxyl groups is 2. The zero-order chi connectivity index (χ0) is 27.8. The van der Waals surface area contributed by atoms with Gasteiger partial charge in [-0.3, -0.25) is 9.59 Å². The van der Waals surface area contributed by atoms with Gasteiger partial charge < -0.3 is 20.8 Å². The van der Waals surface area contributed by atoms with Gasteiger partial charge in [0, 0.05) is 36.6 Å². The molecule has 3 rings (SSSR count). The van der Waals surface area contributed by atoms with Crippen LogP contribution < -0.4 is 10.6 Å². The molecule has 0 bridgehead atoms. The topological polar surface area (TPSA) is 102 Å². The van der Waals surface area contributed by atoms with Crippen molar-refractivity contribution in [1.82, 2.24) is 14.9 Å². The number of hydrogen-bond acceptors (Lipinski definition) is 6. The summed E-state index contributed by atoms with van der Waals surface area (Å²) in [5.74, 6) is -0.673. The van der Waals surface area contributed by atoms with E-state index in [-0.39, 0.29) is 24.8 Å². The van der Waals surface area contributed by atoms with Gasteiger partial charge in [-0.2, -0.15) is 0 Å². The zero-order valence-corrected chi connectivity index (χ0v) is 23.1. The molecule has 206 valence electrons. The van der Waals surface area contributed by atoms with Crippen molar-refractivity contribution in [3.05, 3.63) is 90.6 Å². The number of rotatable bonds is 12. The molecule has 7 nitrogen and oxygen atoms in total. The standard InChI is InChI=1S/C23H31N3O4S.C7H10/c27-20(14-22(29)24-15-17-6-2-1-3-7-17)21(28)16-25-23(30)18-8-10-19(11-9-18)31-26-12-4-5-13-26;1-4-6-7(3)5-2/h2,6-11,20-21,27-28H,1,3-5,12-16H2,(H,24,29)(H,25,30);4-6H,1-2H2,3H3/b;7-6-. The van der Waals surface area contributed by atoms with Gasteiger partial charge in [-0.25, -0.2) is 4.31 Å². The van der Waals surface area contributed by atoms with Crippen molar-refractivity contribution in [3.63, 3.8) is 0 Å². The fraction of sp³-hybridized carbons (Fsp3) is 0.400. The lowest BCUT2D eigenvalue weighted by molar-refractivity contribution is -0.124. The molecule has 1 aromatic rings. The summed E-state index contributed by atoms with van der Waals surface area (Å²) in [5.41, 5.74) is 2.67.